The summed E-state index contributed by atoms with van der Waals surface area (Å²) in [7, 11) is 2.08. The molecule has 0 amide bonds. The molecular formula is C34H28N6O. The molecule has 0 bridgehead atoms. The molecular weight excluding hydrogens is 508 g/mol. The average molecular weight is 537 g/mol. The number of pyridine rings is 3. The van der Waals surface area contributed by atoms with E-state index in [0.717, 1.165) is 68.1 Å². The molecule has 41 heavy (non-hydrogen) atoms. The second kappa shape index (κ2) is 8.93. The lowest BCUT2D eigenvalue weighted by atomic mass is 9.96. The first-order chi connectivity index (χ1) is 20.1. The number of anilines is 3. The van der Waals surface area contributed by atoms with Crippen LogP contribution >= 0.6 is 0 Å². The molecule has 1 aliphatic heterocycles. The minimum Gasteiger partial charge on any atom is -0.456 e. The molecule has 8 rings (SSSR count). The summed E-state index contributed by atoms with van der Waals surface area (Å²) in [5.41, 5.74) is 8.38. The maximum atomic E-state index is 6.45. The van der Waals surface area contributed by atoms with Crippen LogP contribution < -0.4 is 14.5 Å². The van der Waals surface area contributed by atoms with Crippen LogP contribution in [0.3, 0.4) is 0 Å². The number of aromatic nitrogens is 4. The van der Waals surface area contributed by atoms with Crippen molar-refractivity contribution in [1.29, 1.82) is 0 Å². The standard InChI is InChI=1S/C34H28N6O/c1-21(2)25-11-7-14-29-31(25)32-26(33-37-27-12-4-5-13-28(27)40(29)33)18-24(19-36-32)41-23-10-6-9-22(17-23)39-20-38(3)30-15-8-16-35-34(30)39/h4-19,21H,20H2,1-3H3. The van der Waals surface area contributed by atoms with Gasteiger partial charge in [-0.2, -0.15) is 0 Å². The average Bonchev–Trinajstić information content (AvgIpc) is 3.56. The highest BCUT2D eigenvalue weighted by molar-refractivity contribution is 6.13. The van der Waals surface area contributed by atoms with Crippen LogP contribution in [0.4, 0.5) is 17.2 Å². The molecule has 0 spiro atoms. The summed E-state index contributed by atoms with van der Waals surface area (Å²) in [5.74, 6) is 2.70. The molecule has 0 radical (unpaired) electrons. The second-order valence-corrected chi connectivity index (χ2v) is 10.9. The molecule has 0 atom stereocenters. The number of benzene rings is 3. The molecule has 0 aliphatic carbocycles. The topological polar surface area (TPSA) is 58.8 Å². The van der Waals surface area contributed by atoms with Crippen molar-refractivity contribution in [3.63, 3.8) is 0 Å². The van der Waals surface area contributed by atoms with Gasteiger partial charge in [-0.15, -0.1) is 0 Å². The predicted molar refractivity (Wildman–Crippen MR) is 166 cm³/mol. The van der Waals surface area contributed by atoms with Crippen LogP contribution in [0.25, 0.3) is 38.5 Å². The van der Waals surface area contributed by atoms with Gasteiger partial charge in [-0.3, -0.25) is 9.38 Å². The molecule has 7 heteroatoms. The molecule has 7 nitrogen and oxygen atoms in total. The van der Waals surface area contributed by atoms with Crippen LogP contribution in [0.1, 0.15) is 25.3 Å². The summed E-state index contributed by atoms with van der Waals surface area (Å²) in [6.45, 7) is 5.19. The largest absolute Gasteiger partial charge is 0.456 e. The van der Waals surface area contributed by atoms with Gasteiger partial charge in [-0.25, -0.2) is 9.97 Å². The maximum absolute atomic E-state index is 6.45. The summed E-state index contributed by atoms with van der Waals surface area (Å²) in [6.07, 6.45) is 3.66. The normalized spacial score (nSPS) is 13.3. The Morgan fingerprint density at radius 1 is 0.829 bits per heavy atom. The molecule has 7 aromatic rings. The Hall–Kier alpha value is -5.17. The zero-order chi connectivity index (χ0) is 27.7. The second-order valence-electron chi connectivity index (χ2n) is 10.9. The van der Waals surface area contributed by atoms with Gasteiger partial charge >= 0.3 is 0 Å². The molecule has 5 heterocycles. The zero-order valence-corrected chi connectivity index (χ0v) is 23.1. The van der Waals surface area contributed by atoms with Gasteiger partial charge in [0.2, 0.25) is 0 Å². The quantitative estimate of drug-likeness (QED) is 0.212. The summed E-state index contributed by atoms with van der Waals surface area (Å²) in [6, 6.07) is 29.1. The third kappa shape index (κ3) is 3.62. The number of nitrogens with zero attached hydrogens (tertiary/aromatic N) is 6. The summed E-state index contributed by atoms with van der Waals surface area (Å²) < 4.78 is 8.72. The van der Waals surface area contributed by atoms with Gasteiger partial charge in [0.1, 0.15) is 17.1 Å². The van der Waals surface area contributed by atoms with Crippen molar-refractivity contribution in [2.24, 2.45) is 0 Å². The van der Waals surface area contributed by atoms with E-state index in [1.807, 2.05) is 36.7 Å². The first kappa shape index (κ1) is 23.7. The van der Waals surface area contributed by atoms with Gasteiger partial charge in [0, 0.05) is 35.8 Å². The van der Waals surface area contributed by atoms with Crippen LogP contribution in [-0.4, -0.2) is 33.1 Å². The highest BCUT2D eigenvalue weighted by Crippen LogP contribution is 2.40. The SMILES string of the molecule is CC(C)c1cccc2c1c1ncc(Oc3cccc(N4CN(C)c5cccnc54)c3)cc1c1nc3ccccc3n21. The Kier molecular flexibility index (Phi) is 5.16. The molecule has 1 aliphatic rings. The highest BCUT2D eigenvalue weighted by atomic mass is 16.5. The fourth-order valence-corrected chi connectivity index (χ4v) is 6.11. The van der Waals surface area contributed by atoms with Gasteiger partial charge < -0.3 is 14.5 Å². The lowest BCUT2D eigenvalue weighted by molar-refractivity contribution is 0.481. The number of para-hydroxylation sites is 2. The lowest BCUT2D eigenvalue weighted by Crippen LogP contribution is -2.24. The third-order valence-electron chi connectivity index (χ3n) is 7.99. The maximum Gasteiger partial charge on any atom is 0.158 e. The van der Waals surface area contributed by atoms with Crippen molar-refractivity contribution < 1.29 is 4.74 Å². The van der Waals surface area contributed by atoms with E-state index in [1.54, 1.807) is 0 Å². The molecule has 4 aromatic heterocycles. The monoisotopic (exact) mass is 536 g/mol. The molecule has 0 saturated heterocycles. The smallest absolute Gasteiger partial charge is 0.158 e. The Morgan fingerprint density at radius 3 is 2.59 bits per heavy atom. The molecule has 0 unspecified atom stereocenters. The van der Waals surface area contributed by atoms with Gasteiger partial charge in [0.15, 0.2) is 5.82 Å². The van der Waals surface area contributed by atoms with Crippen LogP contribution in [0.5, 0.6) is 11.5 Å². The van der Waals surface area contributed by atoms with Crippen molar-refractivity contribution in [1.82, 2.24) is 19.4 Å². The Morgan fingerprint density at radius 2 is 1.68 bits per heavy atom. The van der Waals surface area contributed by atoms with Crippen molar-refractivity contribution in [2.75, 3.05) is 23.5 Å². The predicted octanol–water partition coefficient (Wildman–Crippen LogP) is 8.05. The van der Waals surface area contributed by atoms with Gasteiger partial charge in [0.25, 0.3) is 0 Å². The molecule has 200 valence electrons. The summed E-state index contributed by atoms with van der Waals surface area (Å²) in [5, 5.41) is 2.13. The fourth-order valence-electron chi connectivity index (χ4n) is 6.11. The molecule has 0 fully saturated rings. The molecule has 0 saturated carbocycles. The number of ether oxygens (including phenoxy) is 1. The lowest BCUT2D eigenvalue weighted by Gasteiger charge is -2.19. The van der Waals surface area contributed by atoms with Crippen molar-refractivity contribution >= 4 is 55.7 Å². The van der Waals surface area contributed by atoms with E-state index < -0.39 is 0 Å². The third-order valence-corrected chi connectivity index (χ3v) is 7.99. The number of hydrogen-bond acceptors (Lipinski definition) is 6. The Bertz CT molecular complexity index is 2130. The van der Waals surface area contributed by atoms with E-state index >= 15 is 0 Å². The summed E-state index contributed by atoms with van der Waals surface area (Å²) >= 11 is 0. The Labute approximate surface area is 237 Å². The van der Waals surface area contributed by atoms with Crippen molar-refractivity contribution in [3.05, 3.63) is 103 Å². The van der Waals surface area contributed by atoms with Crippen LogP contribution in [0, 0.1) is 0 Å². The minimum absolute atomic E-state index is 0.346. The molecule has 3 aromatic carbocycles. The van der Waals surface area contributed by atoms with E-state index in [1.165, 1.54) is 5.56 Å². The van der Waals surface area contributed by atoms with E-state index in [0.29, 0.717) is 11.7 Å². The van der Waals surface area contributed by atoms with Crippen molar-refractivity contribution in [2.45, 2.75) is 19.8 Å². The highest BCUT2D eigenvalue weighted by Gasteiger charge is 2.26. The van der Waals surface area contributed by atoms with E-state index in [4.69, 9.17) is 14.7 Å². The van der Waals surface area contributed by atoms with Crippen molar-refractivity contribution in [3.8, 4) is 11.5 Å². The number of fused-ring (bicyclic) bond motifs is 9. The van der Waals surface area contributed by atoms with E-state index in [-0.39, 0.29) is 0 Å². The van der Waals surface area contributed by atoms with Crippen LogP contribution in [-0.2, 0) is 0 Å². The number of hydrogen-bond donors (Lipinski definition) is 0. The van der Waals surface area contributed by atoms with Gasteiger partial charge in [-0.1, -0.05) is 44.2 Å². The fraction of sp³-hybridized carbons (Fsp3) is 0.147. The zero-order valence-electron chi connectivity index (χ0n) is 23.1. The number of rotatable bonds is 4. The van der Waals surface area contributed by atoms with E-state index in [9.17, 15) is 0 Å². The Balaban J connectivity index is 1.28. The minimum atomic E-state index is 0.346. The first-order valence-electron chi connectivity index (χ1n) is 13.9. The number of imidazole rings is 1. The van der Waals surface area contributed by atoms with Crippen LogP contribution in [0.2, 0.25) is 0 Å². The van der Waals surface area contributed by atoms with Crippen LogP contribution in [0.15, 0.2) is 97.3 Å². The molecule has 0 N–H and O–H groups in total. The summed E-state index contributed by atoms with van der Waals surface area (Å²) in [4.78, 5) is 19.1. The van der Waals surface area contributed by atoms with E-state index in [2.05, 4.69) is 101 Å². The van der Waals surface area contributed by atoms with Gasteiger partial charge in [0.05, 0.1) is 40.6 Å². The first-order valence-corrected chi connectivity index (χ1v) is 13.9. The van der Waals surface area contributed by atoms with Gasteiger partial charge in [-0.05, 0) is 60.0 Å².